The van der Waals surface area contributed by atoms with Crippen molar-refractivity contribution in [2.75, 3.05) is 20.8 Å². The number of aryl methyl sites for hydroxylation is 2. The molecule has 1 amide bonds. The summed E-state index contributed by atoms with van der Waals surface area (Å²) < 4.78 is 12.2. The molecule has 1 heterocycles. The Hall–Kier alpha value is -2.21. The van der Waals surface area contributed by atoms with E-state index in [0.29, 0.717) is 40.9 Å². The highest BCUT2D eigenvalue weighted by Gasteiger charge is 2.19. The molecule has 26 heavy (non-hydrogen) atoms. The number of hydrogen-bond donors (Lipinski definition) is 1. The minimum absolute atomic E-state index is 0.198. The molecule has 6 nitrogen and oxygen atoms in total. The zero-order chi connectivity index (χ0) is 19.1. The van der Waals surface area contributed by atoms with Crippen molar-refractivity contribution >= 4 is 17.5 Å². The predicted molar refractivity (Wildman–Crippen MR) is 102 cm³/mol. The summed E-state index contributed by atoms with van der Waals surface area (Å²) in [5, 5.41) is 7.69. The molecule has 0 aliphatic carbocycles. The Labute approximate surface area is 159 Å². The Morgan fingerprint density at radius 3 is 2.65 bits per heavy atom. The maximum Gasteiger partial charge on any atom is 0.256 e. The fourth-order valence-electron chi connectivity index (χ4n) is 2.71. The van der Waals surface area contributed by atoms with Crippen LogP contribution in [0, 0.1) is 6.92 Å². The molecule has 142 valence electrons. The number of aromatic nitrogens is 2. The van der Waals surface area contributed by atoms with Crippen molar-refractivity contribution in [2.24, 2.45) is 0 Å². The van der Waals surface area contributed by atoms with Crippen LogP contribution in [0.5, 0.6) is 11.5 Å². The zero-order valence-corrected chi connectivity index (χ0v) is 16.5. The van der Waals surface area contributed by atoms with Crippen molar-refractivity contribution in [1.29, 1.82) is 0 Å². The van der Waals surface area contributed by atoms with Gasteiger partial charge in [-0.15, -0.1) is 0 Å². The molecule has 0 radical (unpaired) electrons. The van der Waals surface area contributed by atoms with Crippen molar-refractivity contribution in [3.63, 3.8) is 0 Å². The van der Waals surface area contributed by atoms with Crippen LogP contribution in [0.3, 0.4) is 0 Å². The summed E-state index contributed by atoms with van der Waals surface area (Å²) in [7, 11) is 3.20. The highest BCUT2D eigenvalue weighted by atomic mass is 35.5. The van der Waals surface area contributed by atoms with E-state index in [4.69, 9.17) is 21.1 Å². The quantitative estimate of drug-likeness (QED) is 0.722. The van der Waals surface area contributed by atoms with Gasteiger partial charge in [0.05, 0.1) is 25.5 Å². The van der Waals surface area contributed by atoms with Crippen molar-refractivity contribution < 1.29 is 14.3 Å². The van der Waals surface area contributed by atoms with Gasteiger partial charge in [0.1, 0.15) is 5.15 Å². The molecule has 2 aromatic rings. The topological polar surface area (TPSA) is 65.4 Å². The molecular weight excluding hydrogens is 354 g/mol. The number of carbonyl (C=O) groups excluding carboxylic acids is 1. The van der Waals surface area contributed by atoms with Crippen molar-refractivity contribution in [1.82, 2.24) is 15.1 Å². The lowest BCUT2D eigenvalue weighted by Crippen LogP contribution is -2.26. The highest BCUT2D eigenvalue weighted by molar-refractivity contribution is 6.33. The van der Waals surface area contributed by atoms with Gasteiger partial charge in [-0.25, -0.2) is 0 Å². The third kappa shape index (κ3) is 4.69. The third-order valence-electron chi connectivity index (χ3n) is 4.16. The molecule has 0 spiro atoms. The standard InChI is InChI=1S/C19H26ClN3O3/c1-5-6-11-23-18(20)17(13(2)22-23)19(24)21-10-9-14-7-8-15(25-3)16(12-14)26-4/h7-8,12H,5-6,9-11H2,1-4H3,(H,21,24). The first-order valence-electron chi connectivity index (χ1n) is 8.73. The molecule has 0 bridgehead atoms. The van der Waals surface area contributed by atoms with Crippen LogP contribution in [0.25, 0.3) is 0 Å². The van der Waals surface area contributed by atoms with Gasteiger partial charge < -0.3 is 14.8 Å². The van der Waals surface area contributed by atoms with Gasteiger partial charge in [-0.05, 0) is 37.5 Å². The minimum atomic E-state index is -0.198. The van der Waals surface area contributed by atoms with E-state index in [1.54, 1.807) is 25.8 Å². The smallest absolute Gasteiger partial charge is 0.256 e. The first-order chi connectivity index (χ1) is 12.5. The number of unbranched alkanes of at least 4 members (excludes halogenated alkanes) is 1. The Balaban J connectivity index is 1.98. The summed E-state index contributed by atoms with van der Waals surface area (Å²) in [6, 6.07) is 5.72. The molecule has 2 rings (SSSR count). The molecule has 0 fully saturated rings. The van der Waals surface area contributed by atoms with Gasteiger partial charge in [0.25, 0.3) is 5.91 Å². The highest BCUT2D eigenvalue weighted by Crippen LogP contribution is 2.27. The van der Waals surface area contributed by atoms with Gasteiger partial charge in [-0.3, -0.25) is 9.48 Å². The molecule has 0 atom stereocenters. The fraction of sp³-hybridized carbons (Fsp3) is 0.474. The Kier molecular flexibility index (Phi) is 7.33. The molecule has 1 aromatic heterocycles. The average molecular weight is 380 g/mol. The third-order valence-corrected chi connectivity index (χ3v) is 4.55. The zero-order valence-electron chi connectivity index (χ0n) is 15.8. The summed E-state index contributed by atoms with van der Waals surface area (Å²) in [6.07, 6.45) is 2.69. The van der Waals surface area contributed by atoms with Gasteiger partial charge in [0.2, 0.25) is 0 Å². The van der Waals surface area contributed by atoms with Crippen LogP contribution in [0.2, 0.25) is 5.15 Å². The number of nitrogens with zero attached hydrogens (tertiary/aromatic N) is 2. The Bertz CT molecular complexity index is 759. The lowest BCUT2D eigenvalue weighted by molar-refractivity contribution is 0.0953. The number of benzene rings is 1. The number of halogens is 1. The van der Waals surface area contributed by atoms with E-state index in [9.17, 15) is 4.79 Å². The predicted octanol–water partition coefficient (Wildman–Crippen LogP) is 3.63. The van der Waals surface area contributed by atoms with Gasteiger partial charge >= 0.3 is 0 Å². The van der Waals surface area contributed by atoms with Crippen molar-refractivity contribution in [3.8, 4) is 11.5 Å². The first kappa shape index (κ1) is 20.1. The van der Waals surface area contributed by atoms with Gasteiger partial charge in [0.15, 0.2) is 11.5 Å². The Morgan fingerprint density at radius 1 is 1.27 bits per heavy atom. The van der Waals surface area contributed by atoms with Crippen LogP contribution >= 0.6 is 11.6 Å². The molecule has 0 saturated carbocycles. The molecule has 0 saturated heterocycles. The molecule has 0 unspecified atom stereocenters. The van der Waals surface area contributed by atoms with Crippen LogP contribution in [-0.4, -0.2) is 36.5 Å². The second kappa shape index (κ2) is 9.48. The molecule has 7 heteroatoms. The van der Waals surface area contributed by atoms with Crippen LogP contribution < -0.4 is 14.8 Å². The second-order valence-electron chi connectivity index (χ2n) is 6.02. The monoisotopic (exact) mass is 379 g/mol. The van der Waals surface area contributed by atoms with Gasteiger partial charge in [0, 0.05) is 13.1 Å². The minimum Gasteiger partial charge on any atom is -0.493 e. The van der Waals surface area contributed by atoms with E-state index < -0.39 is 0 Å². The molecule has 1 aromatic carbocycles. The number of ether oxygens (including phenoxy) is 2. The first-order valence-corrected chi connectivity index (χ1v) is 9.11. The van der Waals surface area contributed by atoms with E-state index in [1.807, 2.05) is 18.2 Å². The second-order valence-corrected chi connectivity index (χ2v) is 6.38. The lowest BCUT2D eigenvalue weighted by Gasteiger charge is -2.10. The van der Waals surface area contributed by atoms with Crippen molar-refractivity contribution in [2.45, 2.75) is 39.7 Å². The maximum absolute atomic E-state index is 12.5. The van der Waals surface area contributed by atoms with Crippen LogP contribution in [0.1, 0.15) is 41.4 Å². The number of nitrogens with one attached hydrogen (secondary N) is 1. The Morgan fingerprint density at radius 2 is 2.00 bits per heavy atom. The summed E-state index contributed by atoms with van der Waals surface area (Å²) in [6.45, 7) is 5.11. The van der Waals surface area contributed by atoms with Crippen LogP contribution in [0.15, 0.2) is 18.2 Å². The van der Waals surface area contributed by atoms with E-state index in [0.717, 1.165) is 24.9 Å². The molecular formula is C19H26ClN3O3. The lowest BCUT2D eigenvalue weighted by atomic mass is 10.1. The number of rotatable bonds is 9. The summed E-state index contributed by atoms with van der Waals surface area (Å²) in [4.78, 5) is 12.5. The number of hydrogen-bond acceptors (Lipinski definition) is 4. The normalized spacial score (nSPS) is 10.7. The van der Waals surface area contributed by atoms with Gasteiger partial charge in [-0.2, -0.15) is 5.10 Å². The van der Waals surface area contributed by atoms with E-state index >= 15 is 0 Å². The largest absolute Gasteiger partial charge is 0.493 e. The molecule has 1 N–H and O–H groups in total. The van der Waals surface area contributed by atoms with Gasteiger partial charge in [-0.1, -0.05) is 31.0 Å². The number of amides is 1. The maximum atomic E-state index is 12.5. The molecule has 0 aliphatic rings. The SMILES string of the molecule is CCCCn1nc(C)c(C(=O)NCCc2ccc(OC)c(OC)c2)c1Cl. The fourth-order valence-corrected chi connectivity index (χ4v) is 3.06. The van der Waals surface area contributed by atoms with E-state index in [-0.39, 0.29) is 5.91 Å². The van der Waals surface area contributed by atoms with Crippen molar-refractivity contribution in [3.05, 3.63) is 40.2 Å². The summed E-state index contributed by atoms with van der Waals surface area (Å²) >= 11 is 6.34. The molecule has 0 aliphatic heterocycles. The van der Waals surface area contributed by atoms with E-state index in [2.05, 4.69) is 17.3 Å². The van der Waals surface area contributed by atoms with Crippen LogP contribution in [0.4, 0.5) is 0 Å². The number of methoxy groups -OCH3 is 2. The summed E-state index contributed by atoms with van der Waals surface area (Å²) in [5.41, 5.74) is 2.15. The van der Waals surface area contributed by atoms with E-state index in [1.165, 1.54) is 0 Å². The van der Waals surface area contributed by atoms with Crippen LogP contribution in [-0.2, 0) is 13.0 Å². The summed E-state index contributed by atoms with van der Waals surface area (Å²) in [5.74, 6) is 1.16. The number of carbonyl (C=O) groups is 1. The average Bonchev–Trinajstić information content (AvgIpc) is 2.93.